The highest BCUT2D eigenvalue weighted by Gasteiger charge is 2.07. The summed E-state index contributed by atoms with van der Waals surface area (Å²) < 4.78 is 2.37. The molecule has 5 heteroatoms. The Kier molecular flexibility index (Phi) is 2.65. The van der Waals surface area contributed by atoms with E-state index < -0.39 is 0 Å². The monoisotopic (exact) mass is 269 g/mol. The molecule has 0 spiro atoms. The van der Waals surface area contributed by atoms with Crippen molar-refractivity contribution >= 4 is 27.0 Å². The lowest BCUT2D eigenvalue weighted by atomic mass is 10.2. The van der Waals surface area contributed by atoms with E-state index in [1.165, 1.54) is 0 Å². The Morgan fingerprint density at radius 3 is 3.00 bits per heavy atom. The second-order valence-electron chi connectivity index (χ2n) is 3.97. The van der Waals surface area contributed by atoms with Crippen LogP contribution in [-0.2, 0) is 6.54 Å². The number of H-pyrrole nitrogens is 1. The summed E-state index contributed by atoms with van der Waals surface area (Å²) in [5, 5.41) is 5.19. The summed E-state index contributed by atoms with van der Waals surface area (Å²) in [6.45, 7) is 5.04. The van der Waals surface area contributed by atoms with Crippen LogP contribution in [0, 0.1) is 5.92 Å². The zero-order valence-corrected chi connectivity index (χ0v) is 10.2. The first kappa shape index (κ1) is 10.4. The molecule has 0 radical (unpaired) electrons. The van der Waals surface area contributed by atoms with Crippen LogP contribution >= 0.6 is 15.9 Å². The minimum Gasteiger partial charge on any atom is -0.306 e. The van der Waals surface area contributed by atoms with Gasteiger partial charge in [0.05, 0.1) is 10.7 Å². The van der Waals surface area contributed by atoms with Crippen LogP contribution in [0.4, 0.5) is 0 Å². The van der Waals surface area contributed by atoms with Gasteiger partial charge in [-0.25, -0.2) is 4.68 Å². The predicted octanol–water partition coefficient (Wildman–Crippen LogP) is 2.14. The molecular weight excluding hydrogens is 258 g/mol. The fraction of sp³-hybridized carbons (Fsp3) is 0.400. The Morgan fingerprint density at radius 1 is 1.60 bits per heavy atom. The lowest BCUT2D eigenvalue weighted by Gasteiger charge is -2.05. The normalized spacial score (nSPS) is 11.5. The molecule has 15 heavy (non-hydrogen) atoms. The van der Waals surface area contributed by atoms with Crippen LogP contribution in [0.2, 0.25) is 0 Å². The molecule has 0 unspecified atom stereocenters. The minimum absolute atomic E-state index is 0.118. The first-order valence-electron chi connectivity index (χ1n) is 4.82. The van der Waals surface area contributed by atoms with Crippen LogP contribution in [0.3, 0.4) is 0 Å². The Morgan fingerprint density at radius 2 is 2.33 bits per heavy atom. The van der Waals surface area contributed by atoms with Crippen LogP contribution in [0.1, 0.15) is 13.8 Å². The molecule has 0 saturated carbocycles. The Labute approximate surface area is 95.4 Å². The van der Waals surface area contributed by atoms with Crippen LogP contribution in [0.15, 0.2) is 21.5 Å². The first-order valence-corrected chi connectivity index (χ1v) is 5.61. The van der Waals surface area contributed by atoms with Crippen molar-refractivity contribution in [1.82, 2.24) is 14.8 Å². The van der Waals surface area contributed by atoms with Crippen molar-refractivity contribution in [2.24, 2.45) is 5.92 Å². The van der Waals surface area contributed by atoms with Gasteiger partial charge in [0.25, 0.3) is 5.56 Å². The van der Waals surface area contributed by atoms with Gasteiger partial charge in [-0.1, -0.05) is 13.8 Å². The number of aromatic nitrogens is 3. The number of aromatic amines is 1. The maximum absolute atomic E-state index is 11.4. The van der Waals surface area contributed by atoms with Gasteiger partial charge in [-0.3, -0.25) is 4.79 Å². The van der Waals surface area contributed by atoms with E-state index in [0.717, 1.165) is 17.6 Å². The van der Waals surface area contributed by atoms with Gasteiger partial charge >= 0.3 is 0 Å². The molecule has 2 aromatic rings. The number of nitrogens with zero attached hydrogens (tertiary/aromatic N) is 2. The lowest BCUT2D eigenvalue weighted by molar-refractivity contribution is 0.492. The Hall–Kier alpha value is -1.10. The topological polar surface area (TPSA) is 50.7 Å². The van der Waals surface area contributed by atoms with Gasteiger partial charge in [0.15, 0.2) is 0 Å². The largest absolute Gasteiger partial charge is 0.306 e. The summed E-state index contributed by atoms with van der Waals surface area (Å²) in [7, 11) is 0. The van der Waals surface area contributed by atoms with Gasteiger partial charge in [-0.15, -0.1) is 0 Å². The van der Waals surface area contributed by atoms with Crippen molar-refractivity contribution in [3.05, 3.63) is 27.1 Å². The fourth-order valence-corrected chi connectivity index (χ4v) is 1.84. The molecule has 80 valence electrons. The fourth-order valence-electron chi connectivity index (χ4n) is 1.50. The number of nitrogens with one attached hydrogen (secondary N) is 1. The molecular formula is C10H12BrN3O. The second-order valence-corrected chi connectivity index (χ2v) is 4.83. The molecule has 4 nitrogen and oxygen atoms in total. The van der Waals surface area contributed by atoms with Gasteiger partial charge in [0.2, 0.25) is 0 Å². The summed E-state index contributed by atoms with van der Waals surface area (Å²) in [6, 6.07) is 1.79. The molecule has 0 aromatic carbocycles. The van der Waals surface area contributed by atoms with Crippen LogP contribution < -0.4 is 5.56 Å². The van der Waals surface area contributed by atoms with Crippen molar-refractivity contribution in [2.75, 3.05) is 0 Å². The minimum atomic E-state index is -0.118. The third kappa shape index (κ3) is 1.97. The average Bonchev–Trinajstić information content (AvgIpc) is 2.49. The maximum atomic E-state index is 11.4. The van der Waals surface area contributed by atoms with E-state index in [-0.39, 0.29) is 5.56 Å². The quantitative estimate of drug-likeness (QED) is 0.908. The molecule has 0 fully saturated rings. The predicted molar refractivity (Wildman–Crippen MR) is 62.9 cm³/mol. The third-order valence-corrected chi connectivity index (χ3v) is 2.73. The molecule has 0 aliphatic heterocycles. The van der Waals surface area contributed by atoms with E-state index >= 15 is 0 Å². The maximum Gasteiger partial charge on any atom is 0.263 e. The van der Waals surface area contributed by atoms with Gasteiger partial charge < -0.3 is 4.98 Å². The molecule has 2 rings (SSSR count). The number of halogens is 1. The zero-order valence-electron chi connectivity index (χ0n) is 8.62. The summed E-state index contributed by atoms with van der Waals surface area (Å²) >= 11 is 3.20. The molecule has 1 N–H and O–H groups in total. The van der Waals surface area contributed by atoms with E-state index in [1.54, 1.807) is 12.3 Å². The Bertz CT molecular complexity index is 541. The van der Waals surface area contributed by atoms with Crippen molar-refractivity contribution < 1.29 is 0 Å². The average molecular weight is 270 g/mol. The first-order chi connectivity index (χ1) is 7.08. The SMILES string of the molecule is CC(C)Cn1ncc2cc(Br)c(=O)[nH]c21. The smallest absolute Gasteiger partial charge is 0.263 e. The van der Waals surface area contributed by atoms with Gasteiger partial charge in [-0.2, -0.15) is 5.10 Å². The van der Waals surface area contributed by atoms with Crippen molar-refractivity contribution in [1.29, 1.82) is 0 Å². The molecule has 0 saturated heterocycles. The van der Waals surface area contributed by atoms with Crippen LogP contribution in [0.25, 0.3) is 11.0 Å². The molecule has 0 amide bonds. The number of hydrogen-bond acceptors (Lipinski definition) is 2. The van der Waals surface area contributed by atoms with E-state index in [2.05, 4.69) is 39.9 Å². The van der Waals surface area contributed by atoms with Crippen LogP contribution in [0.5, 0.6) is 0 Å². The zero-order chi connectivity index (χ0) is 11.0. The highest BCUT2D eigenvalue weighted by atomic mass is 79.9. The van der Waals surface area contributed by atoms with Gasteiger partial charge in [0, 0.05) is 11.9 Å². The number of fused-ring (bicyclic) bond motifs is 1. The highest BCUT2D eigenvalue weighted by molar-refractivity contribution is 9.10. The number of hydrogen-bond donors (Lipinski definition) is 1. The van der Waals surface area contributed by atoms with Crippen molar-refractivity contribution in [2.45, 2.75) is 20.4 Å². The van der Waals surface area contributed by atoms with Gasteiger partial charge in [0.1, 0.15) is 5.65 Å². The van der Waals surface area contributed by atoms with E-state index in [9.17, 15) is 4.79 Å². The standard InChI is InChI=1S/C10H12BrN3O/c1-6(2)5-14-9-7(4-12-14)3-8(11)10(15)13-9/h3-4,6H,5H2,1-2H3,(H,13,15). The summed E-state index contributed by atoms with van der Waals surface area (Å²) in [6.07, 6.45) is 1.76. The molecule has 2 aromatic heterocycles. The summed E-state index contributed by atoms with van der Waals surface area (Å²) in [5.41, 5.74) is 0.671. The van der Waals surface area contributed by atoms with E-state index in [4.69, 9.17) is 0 Å². The molecule has 0 bridgehead atoms. The highest BCUT2D eigenvalue weighted by Crippen LogP contribution is 2.14. The molecule has 2 heterocycles. The molecule has 0 atom stereocenters. The second kappa shape index (κ2) is 3.81. The van der Waals surface area contributed by atoms with Gasteiger partial charge in [-0.05, 0) is 27.9 Å². The number of rotatable bonds is 2. The van der Waals surface area contributed by atoms with Crippen LogP contribution in [-0.4, -0.2) is 14.8 Å². The van der Waals surface area contributed by atoms with E-state index in [0.29, 0.717) is 10.4 Å². The van der Waals surface area contributed by atoms with E-state index in [1.807, 2.05) is 4.68 Å². The number of pyridine rings is 1. The lowest BCUT2D eigenvalue weighted by Crippen LogP contribution is -2.11. The van der Waals surface area contributed by atoms with Crippen molar-refractivity contribution in [3.8, 4) is 0 Å². The molecule has 0 aliphatic carbocycles. The summed E-state index contributed by atoms with van der Waals surface area (Å²) in [5.74, 6) is 0.500. The summed E-state index contributed by atoms with van der Waals surface area (Å²) in [4.78, 5) is 14.2. The van der Waals surface area contributed by atoms with Crippen molar-refractivity contribution in [3.63, 3.8) is 0 Å². The Balaban J connectivity index is 2.59. The molecule has 0 aliphatic rings. The third-order valence-electron chi connectivity index (χ3n) is 2.14.